The molecule has 3 nitrogen and oxygen atoms in total. The van der Waals surface area contributed by atoms with Crippen molar-refractivity contribution in [1.29, 1.82) is 5.26 Å². The predicted octanol–water partition coefficient (Wildman–Crippen LogP) is 1.81. The van der Waals surface area contributed by atoms with E-state index in [1.54, 1.807) is 13.0 Å². The summed E-state index contributed by atoms with van der Waals surface area (Å²) in [5.41, 5.74) is 1.38. The molecule has 1 atom stereocenters. The van der Waals surface area contributed by atoms with E-state index in [0.29, 0.717) is 12.1 Å². The fourth-order valence-corrected chi connectivity index (χ4v) is 1.23. The molecule has 0 aliphatic heterocycles. The molecule has 0 aromatic heterocycles. The van der Waals surface area contributed by atoms with E-state index in [1.165, 1.54) is 0 Å². The lowest BCUT2D eigenvalue weighted by atomic mass is 9.98. The van der Waals surface area contributed by atoms with Gasteiger partial charge >= 0.3 is 0 Å². The number of nitriles is 1. The summed E-state index contributed by atoms with van der Waals surface area (Å²) >= 11 is 0. The summed E-state index contributed by atoms with van der Waals surface area (Å²) < 4.78 is 0. The van der Waals surface area contributed by atoms with E-state index < -0.39 is 6.10 Å². The Morgan fingerprint density at radius 1 is 1.50 bits per heavy atom. The van der Waals surface area contributed by atoms with Gasteiger partial charge in [-0.15, -0.1) is 0 Å². The van der Waals surface area contributed by atoms with Gasteiger partial charge in [-0.1, -0.05) is 12.1 Å². The SMILES string of the molecule is CC(O)C(C)(C)NCc1cccc(C#N)c1. The first-order chi connectivity index (χ1) is 7.45. The molecule has 86 valence electrons. The van der Waals surface area contributed by atoms with Crippen molar-refractivity contribution in [3.63, 3.8) is 0 Å². The number of aliphatic hydroxyl groups is 1. The Bertz CT molecular complexity index is 391. The lowest BCUT2D eigenvalue weighted by Gasteiger charge is -2.29. The molecule has 0 aliphatic rings. The van der Waals surface area contributed by atoms with Gasteiger partial charge in [0.05, 0.1) is 17.7 Å². The van der Waals surface area contributed by atoms with Gasteiger partial charge in [-0.2, -0.15) is 5.26 Å². The van der Waals surface area contributed by atoms with Gasteiger partial charge < -0.3 is 10.4 Å². The fourth-order valence-electron chi connectivity index (χ4n) is 1.23. The van der Waals surface area contributed by atoms with E-state index in [4.69, 9.17) is 5.26 Å². The minimum absolute atomic E-state index is 0.331. The van der Waals surface area contributed by atoms with Crippen LogP contribution in [-0.2, 0) is 6.54 Å². The number of hydrogen-bond donors (Lipinski definition) is 2. The van der Waals surface area contributed by atoms with E-state index in [0.717, 1.165) is 5.56 Å². The largest absolute Gasteiger partial charge is 0.392 e. The average Bonchev–Trinajstić information content (AvgIpc) is 2.26. The van der Waals surface area contributed by atoms with Crippen LogP contribution >= 0.6 is 0 Å². The van der Waals surface area contributed by atoms with Crippen LogP contribution in [0.1, 0.15) is 31.9 Å². The molecule has 3 heteroatoms. The first kappa shape index (κ1) is 12.7. The zero-order valence-electron chi connectivity index (χ0n) is 9.99. The molecular formula is C13H18N2O. The van der Waals surface area contributed by atoms with Gasteiger partial charge in [-0.25, -0.2) is 0 Å². The summed E-state index contributed by atoms with van der Waals surface area (Å²) in [6.45, 7) is 6.31. The van der Waals surface area contributed by atoms with Gasteiger partial charge in [0.2, 0.25) is 0 Å². The second-order valence-corrected chi connectivity index (χ2v) is 4.56. The van der Waals surface area contributed by atoms with Crippen LogP contribution < -0.4 is 5.32 Å². The van der Waals surface area contributed by atoms with E-state index >= 15 is 0 Å². The molecular weight excluding hydrogens is 200 g/mol. The smallest absolute Gasteiger partial charge is 0.0991 e. The standard InChI is InChI=1S/C13H18N2O/c1-10(16)13(2,3)15-9-12-6-4-5-11(7-12)8-14/h4-7,10,15-16H,9H2,1-3H3. The Balaban J connectivity index is 2.65. The van der Waals surface area contributed by atoms with E-state index in [-0.39, 0.29) is 5.54 Å². The molecule has 0 aliphatic carbocycles. The highest BCUT2D eigenvalue weighted by Gasteiger charge is 2.22. The van der Waals surface area contributed by atoms with Crippen LogP contribution in [0.2, 0.25) is 0 Å². The van der Waals surface area contributed by atoms with Crippen molar-refractivity contribution in [1.82, 2.24) is 5.32 Å². The highest BCUT2D eigenvalue weighted by Crippen LogP contribution is 2.11. The number of benzene rings is 1. The second kappa shape index (κ2) is 5.11. The number of hydrogen-bond acceptors (Lipinski definition) is 3. The van der Waals surface area contributed by atoms with Crippen LogP contribution in [-0.4, -0.2) is 16.7 Å². The van der Waals surface area contributed by atoms with Crippen molar-refractivity contribution in [2.24, 2.45) is 0 Å². The summed E-state index contributed by atoms with van der Waals surface area (Å²) in [5, 5.41) is 21.6. The third-order valence-corrected chi connectivity index (χ3v) is 2.85. The molecule has 0 heterocycles. The van der Waals surface area contributed by atoms with Crippen molar-refractivity contribution in [2.75, 3.05) is 0 Å². The number of nitrogens with one attached hydrogen (secondary N) is 1. The van der Waals surface area contributed by atoms with Crippen LogP contribution in [0.25, 0.3) is 0 Å². The van der Waals surface area contributed by atoms with Gasteiger partial charge in [-0.3, -0.25) is 0 Å². The molecule has 2 N–H and O–H groups in total. The van der Waals surface area contributed by atoms with Crippen LogP contribution in [0.5, 0.6) is 0 Å². The predicted molar refractivity (Wildman–Crippen MR) is 63.8 cm³/mol. The Morgan fingerprint density at radius 2 is 2.19 bits per heavy atom. The van der Waals surface area contributed by atoms with Crippen molar-refractivity contribution >= 4 is 0 Å². The molecule has 0 saturated heterocycles. The summed E-state index contributed by atoms with van der Waals surface area (Å²) in [6, 6.07) is 9.57. The highest BCUT2D eigenvalue weighted by molar-refractivity contribution is 5.32. The van der Waals surface area contributed by atoms with E-state index in [9.17, 15) is 5.11 Å². The van der Waals surface area contributed by atoms with Crippen LogP contribution in [0.3, 0.4) is 0 Å². The summed E-state index contributed by atoms with van der Waals surface area (Å²) in [7, 11) is 0. The molecule has 0 fully saturated rings. The normalized spacial score (nSPS) is 13.2. The molecule has 0 amide bonds. The average molecular weight is 218 g/mol. The van der Waals surface area contributed by atoms with Gasteiger partial charge in [0.15, 0.2) is 0 Å². The second-order valence-electron chi connectivity index (χ2n) is 4.56. The lowest BCUT2D eigenvalue weighted by Crippen LogP contribution is -2.47. The third-order valence-electron chi connectivity index (χ3n) is 2.85. The summed E-state index contributed by atoms with van der Waals surface area (Å²) in [4.78, 5) is 0. The molecule has 16 heavy (non-hydrogen) atoms. The Morgan fingerprint density at radius 3 is 2.75 bits per heavy atom. The first-order valence-corrected chi connectivity index (χ1v) is 5.38. The van der Waals surface area contributed by atoms with Crippen molar-refractivity contribution in [3.05, 3.63) is 35.4 Å². The maximum atomic E-state index is 9.54. The molecule has 1 aromatic carbocycles. The lowest BCUT2D eigenvalue weighted by molar-refractivity contribution is 0.0956. The van der Waals surface area contributed by atoms with Crippen molar-refractivity contribution < 1.29 is 5.11 Å². The summed E-state index contributed by atoms with van der Waals surface area (Å²) in [5.74, 6) is 0. The van der Waals surface area contributed by atoms with Crippen molar-refractivity contribution in [3.8, 4) is 6.07 Å². The van der Waals surface area contributed by atoms with Gasteiger partial charge in [0.1, 0.15) is 0 Å². The Hall–Kier alpha value is -1.37. The third kappa shape index (κ3) is 3.34. The zero-order valence-corrected chi connectivity index (χ0v) is 9.99. The minimum Gasteiger partial charge on any atom is -0.392 e. The maximum absolute atomic E-state index is 9.54. The topological polar surface area (TPSA) is 56.0 Å². The number of rotatable bonds is 4. The summed E-state index contributed by atoms with van der Waals surface area (Å²) in [6.07, 6.45) is -0.424. The number of aliphatic hydroxyl groups excluding tert-OH is 1. The minimum atomic E-state index is -0.424. The maximum Gasteiger partial charge on any atom is 0.0991 e. The van der Waals surface area contributed by atoms with Gasteiger partial charge in [0.25, 0.3) is 0 Å². The van der Waals surface area contributed by atoms with Crippen LogP contribution in [0.4, 0.5) is 0 Å². The Kier molecular flexibility index (Phi) is 4.05. The molecule has 0 bridgehead atoms. The molecule has 1 unspecified atom stereocenters. The van der Waals surface area contributed by atoms with Crippen LogP contribution in [0.15, 0.2) is 24.3 Å². The highest BCUT2D eigenvalue weighted by atomic mass is 16.3. The molecule has 0 spiro atoms. The molecule has 1 aromatic rings. The van der Waals surface area contributed by atoms with E-state index in [2.05, 4.69) is 11.4 Å². The van der Waals surface area contributed by atoms with Crippen molar-refractivity contribution in [2.45, 2.75) is 39.0 Å². The first-order valence-electron chi connectivity index (χ1n) is 5.38. The monoisotopic (exact) mass is 218 g/mol. The van der Waals surface area contributed by atoms with E-state index in [1.807, 2.05) is 32.0 Å². The molecule has 0 radical (unpaired) electrons. The Labute approximate surface area is 96.7 Å². The number of nitrogens with zero attached hydrogens (tertiary/aromatic N) is 1. The zero-order chi connectivity index (χ0) is 12.2. The van der Waals surface area contributed by atoms with Gasteiger partial charge in [-0.05, 0) is 38.5 Å². The quantitative estimate of drug-likeness (QED) is 0.810. The fraction of sp³-hybridized carbons (Fsp3) is 0.462. The van der Waals surface area contributed by atoms with Gasteiger partial charge in [0, 0.05) is 12.1 Å². The molecule has 1 rings (SSSR count). The molecule has 0 saturated carbocycles. The van der Waals surface area contributed by atoms with Crippen LogP contribution in [0, 0.1) is 11.3 Å².